The van der Waals surface area contributed by atoms with Gasteiger partial charge in [-0.3, -0.25) is 14.5 Å². The van der Waals surface area contributed by atoms with E-state index in [4.69, 9.17) is 4.42 Å². The summed E-state index contributed by atoms with van der Waals surface area (Å²) < 4.78 is 5.62. The molecule has 0 saturated carbocycles. The third kappa shape index (κ3) is 2.94. The van der Waals surface area contributed by atoms with Crippen molar-refractivity contribution in [3.8, 4) is 0 Å². The predicted molar refractivity (Wildman–Crippen MR) is 119 cm³/mol. The zero-order valence-corrected chi connectivity index (χ0v) is 16.8. The highest BCUT2D eigenvalue weighted by Gasteiger charge is 2.48. The van der Waals surface area contributed by atoms with Gasteiger partial charge in [0.15, 0.2) is 0 Å². The third-order valence-corrected chi connectivity index (χ3v) is 5.68. The van der Waals surface area contributed by atoms with Crippen molar-refractivity contribution in [3.63, 3.8) is 0 Å². The number of nitrogens with zero attached hydrogens (tertiary/aromatic N) is 1. The summed E-state index contributed by atoms with van der Waals surface area (Å²) in [5.74, 6) is -1.25. The van der Waals surface area contributed by atoms with Crippen LogP contribution in [0.4, 0.5) is 5.69 Å². The summed E-state index contributed by atoms with van der Waals surface area (Å²) in [4.78, 5) is 27.8. The van der Waals surface area contributed by atoms with E-state index >= 15 is 0 Å². The number of ketones is 1. The Hall–Kier alpha value is -4.12. The van der Waals surface area contributed by atoms with Crippen LogP contribution >= 0.6 is 0 Å². The van der Waals surface area contributed by atoms with Crippen LogP contribution in [0.25, 0.3) is 16.5 Å². The molecule has 1 aromatic heterocycles. The molecule has 1 N–H and O–H groups in total. The maximum absolute atomic E-state index is 13.2. The molecule has 1 fully saturated rings. The molecule has 0 spiro atoms. The van der Waals surface area contributed by atoms with E-state index in [0.29, 0.717) is 17.0 Å². The van der Waals surface area contributed by atoms with Crippen LogP contribution in [0.5, 0.6) is 0 Å². The van der Waals surface area contributed by atoms with Crippen LogP contribution in [-0.4, -0.2) is 16.8 Å². The van der Waals surface area contributed by atoms with Gasteiger partial charge in [0.25, 0.3) is 11.7 Å². The minimum Gasteiger partial charge on any atom is -0.507 e. The molecule has 1 saturated heterocycles. The number of aliphatic hydroxyl groups is 1. The molecular weight excluding hydrogens is 390 g/mol. The van der Waals surface area contributed by atoms with Gasteiger partial charge in [-0.1, -0.05) is 60.7 Å². The van der Waals surface area contributed by atoms with Crippen molar-refractivity contribution < 1.29 is 19.1 Å². The molecule has 0 aliphatic carbocycles. The van der Waals surface area contributed by atoms with Gasteiger partial charge in [-0.25, -0.2) is 0 Å². The van der Waals surface area contributed by atoms with Gasteiger partial charge in [0.1, 0.15) is 17.6 Å². The molecule has 1 aliphatic heterocycles. The summed E-state index contributed by atoms with van der Waals surface area (Å²) in [6.45, 7) is 1.87. The fourth-order valence-electron chi connectivity index (χ4n) is 4.21. The van der Waals surface area contributed by atoms with Gasteiger partial charge >= 0.3 is 0 Å². The minimum atomic E-state index is -0.866. The van der Waals surface area contributed by atoms with Gasteiger partial charge in [0.2, 0.25) is 0 Å². The topological polar surface area (TPSA) is 70.8 Å². The monoisotopic (exact) mass is 409 g/mol. The Labute approximate surface area is 178 Å². The lowest BCUT2D eigenvalue weighted by Gasteiger charge is -2.25. The number of aliphatic hydroxyl groups excluding tert-OH is 1. The molecular formula is C26H19NO4. The number of benzene rings is 3. The van der Waals surface area contributed by atoms with E-state index in [2.05, 4.69) is 0 Å². The highest BCUT2D eigenvalue weighted by atomic mass is 16.3. The van der Waals surface area contributed by atoms with Crippen LogP contribution in [0, 0.1) is 6.92 Å². The van der Waals surface area contributed by atoms with E-state index < -0.39 is 17.7 Å². The molecule has 5 rings (SSSR count). The summed E-state index contributed by atoms with van der Waals surface area (Å²) in [6, 6.07) is 23.0. The van der Waals surface area contributed by atoms with Crippen LogP contribution in [-0.2, 0) is 9.59 Å². The van der Waals surface area contributed by atoms with E-state index in [1.54, 1.807) is 24.3 Å². The second-order valence-corrected chi connectivity index (χ2v) is 7.50. The molecule has 3 aromatic carbocycles. The van der Waals surface area contributed by atoms with Gasteiger partial charge in [0, 0.05) is 11.3 Å². The second kappa shape index (κ2) is 7.29. The number of fused-ring (bicyclic) bond motifs is 1. The Balaban J connectivity index is 1.78. The van der Waals surface area contributed by atoms with Gasteiger partial charge in [-0.15, -0.1) is 0 Å². The Bertz CT molecular complexity index is 1350. The smallest absolute Gasteiger partial charge is 0.300 e. The van der Waals surface area contributed by atoms with Crippen LogP contribution < -0.4 is 4.90 Å². The number of amides is 1. The summed E-state index contributed by atoms with van der Waals surface area (Å²) in [6.07, 6.45) is 1.49. The average molecular weight is 409 g/mol. The maximum atomic E-state index is 13.2. The Kier molecular flexibility index (Phi) is 4.44. The largest absolute Gasteiger partial charge is 0.507 e. The lowest BCUT2D eigenvalue weighted by molar-refractivity contribution is -0.132. The number of rotatable bonds is 3. The van der Waals surface area contributed by atoms with Crippen molar-refractivity contribution >= 4 is 33.9 Å². The van der Waals surface area contributed by atoms with Gasteiger partial charge < -0.3 is 9.52 Å². The first-order chi connectivity index (χ1) is 15.1. The summed E-state index contributed by atoms with van der Waals surface area (Å²) in [5, 5.41) is 13.1. The summed E-state index contributed by atoms with van der Waals surface area (Å²) in [7, 11) is 0. The first-order valence-corrected chi connectivity index (χ1v) is 9.96. The van der Waals surface area contributed by atoms with Crippen molar-refractivity contribution in [3.05, 3.63) is 108 Å². The Morgan fingerprint density at radius 1 is 0.903 bits per heavy atom. The fourth-order valence-corrected chi connectivity index (χ4v) is 4.21. The molecule has 0 bridgehead atoms. The Morgan fingerprint density at radius 2 is 1.65 bits per heavy atom. The average Bonchev–Trinajstić information content (AvgIpc) is 3.41. The molecule has 5 heteroatoms. The molecule has 31 heavy (non-hydrogen) atoms. The second-order valence-electron chi connectivity index (χ2n) is 7.50. The number of carbonyl (C=O) groups excluding carboxylic acids is 2. The summed E-state index contributed by atoms with van der Waals surface area (Å²) in [5.41, 5.74) is 1.95. The SMILES string of the molecule is Cc1ccccc1N1C(=O)C(=O)/C(=C(\O)c2cccc3ccccc23)C1c1ccco1. The highest BCUT2D eigenvalue weighted by Crippen LogP contribution is 2.43. The maximum Gasteiger partial charge on any atom is 0.300 e. The lowest BCUT2D eigenvalue weighted by Crippen LogP contribution is -2.29. The first kappa shape index (κ1) is 18.9. The van der Waals surface area contributed by atoms with Crippen LogP contribution in [0.2, 0.25) is 0 Å². The number of para-hydroxylation sites is 1. The zero-order valence-electron chi connectivity index (χ0n) is 16.8. The van der Waals surface area contributed by atoms with Crippen molar-refractivity contribution in [2.75, 3.05) is 4.90 Å². The van der Waals surface area contributed by atoms with Crippen LogP contribution in [0.1, 0.15) is 22.9 Å². The number of hydrogen-bond donors (Lipinski definition) is 1. The number of Topliss-reactive ketones (excluding diaryl/α,β-unsaturated/α-hetero) is 1. The molecule has 1 unspecified atom stereocenters. The zero-order chi connectivity index (χ0) is 21.5. The molecule has 1 atom stereocenters. The van der Waals surface area contributed by atoms with Gasteiger partial charge in [0.05, 0.1) is 11.8 Å². The Morgan fingerprint density at radius 3 is 2.42 bits per heavy atom. The van der Waals surface area contributed by atoms with Crippen molar-refractivity contribution in [2.24, 2.45) is 0 Å². The van der Waals surface area contributed by atoms with E-state index in [1.165, 1.54) is 11.2 Å². The normalized spacial score (nSPS) is 18.1. The van der Waals surface area contributed by atoms with Crippen LogP contribution in [0.15, 0.2) is 95.1 Å². The van der Waals surface area contributed by atoms with E-state index in [-0.39, 0.29) is 11.3 Å². The standard InChI is InChI=1S/C26H19NO4/c1-16-8-2-5-13-20(16)27-23(21-14-7-15-31-21)22(25(29)26(27)30)24(28)19-12-6-10-17-9-3-4-11-18(17)19/h2-15,23,28H,1H3/b24-22-. The molecule has 2 heterocycles. The number of hydrogen-bond acceptors (Lipinski definition) is 4. The number of anilines is 1. The molecule has 1 amide bonds. The first-order valence-electron chi connectivity index (χ1n) is 9.96. The summed E-state index contributed by atoms with van der Waals surface area (Å²) >= 11 is 0. The van der Waals surface area contributed by atoms with Crippen LogP contribution in [0.3, 0.4) is 0 Å². The van der Waals surface area contributed by atoms with Gasteiger partial charge in [-0.05, 0) is 41.5 Å². The third-order valence-electron chi connectivity index (χ3n) is 5.68. The lowest BCUT2D eigenvalue weighted by atomic mass is 9.96. The molecule has 152 valence electrons. The molecule has 0 radical (unpaired) electrons. The van der Waals surface area contributed by atoms with E-state index in [0.717, 1.165) is 16.3 Å². The number of aryl methyl sites for hydroxylation is 1. The number of carbonyl (C=O) groups is 2. The van der Waals surface area contributed by atoms with Crippen molar-refractivity contribution in [1.82, 2.24) is 0 Å². The minimum absolute atomic E-state index is 0.0135. The fraction of sp³-hybridized carbons (Fsp3) is 0.0769. The van der Waals surface area contributed by atoms with Crippen molar-refractivity contribution in [1.29, 1.82) is 0 Å². The molecule has 1 aliphatic rings. The molecule has 5 nitrogen and oxygen atoms in total. The quantitative estimate of drug-likeness (QED) is 0.281. The van der Waals surface area contributed by atoms with Crippen molar-refractivity contribution in [2.45, 2.75) is 13.0 Å². The van der Waals surface area contributed by atoms with Gasteiger partial charge in [-0.2, -0.15) is 0 Å². The number of furan rings is 1. The highest BCUT2D eigenvalue weighted by molar-refractivity contribution is 6.51. The van der Waals surface area contributed by atoms with E-state index in [1.807, 2.05) is 61.5 Å². The predicted octanol–water partition coefficient (Wildman–Crippen LogP) is 5.37. The van der Waals surface area contributed by atoms with E-state index in [9.17, 15) is 14.7 Å². The molecule has 4 aromatic rings.